The Morgan fingerprint density at radius 2 is 1.54 bits per heavy atom. The van der Waals surface area contributed by atoms with Crippen LogP contribution in [0, 0.1) is 17.8 Å². The van der Waals surface area contributed by atoms with Crippen molar-refractivity contribution in [2.75, 3.05) is 11.9 Å². The summed E-state index contributed by atoms with van der Waals surface area (Å²) in [5.41, 5.74) is 2.03. The van der Waals surface area contributed by atoms with Crippen molar-refractivity contribution >= 4 is 17.5 Å². The van der Waals surface area contributed by atoms with E-state index in [1.54, 1.807) is 0 Å². The highest BCUT2D eigenvalue weighted by atomic mass is 16.2. The second kappa shape index (κ2) is 8.70. The molecule has 0 atom stereocenters. The second-order valence-electron chi connectivity index (χ2n) is 8.97. The number of hydrogen-bond donors (Lipinski definition) is 2. The number of carbonyl (C=O) groups excluding carboxylic acids is 2. The van der Waals surface area contributed by atoms with E-state index in [-0.39, 0.29) is 29.1 Å². The van der Waals surface area contributed by atoms with E-state index in [4.69, 9.17) is 0 Å². The molecule has 144 valence electrons. The number of carbonyl (C=O) groups is 2. The van der Waals surface area contributed by atoms with Gasteiger partial charge in [-0.2, -0.15) is 0 Å². The van der Waals surface area contributed by atoms with E-state index < -0.39 is 0 Å². The molecule has 2 amide bonds. The van der Waals surface area contributed by atoms with Gasteiger partial charge in [0.15, 0.2) is 0 Å². The maximum absolute atomic E-state index is 12.7. The van der Waals surface area contributed by atoms with Gasteiger partial charge in [0.2, 0.25) is 11.8 Å². The molecule has 0 unspecified atom stereocenters. The zero-order chi connectivity index (χ0) is 19.3. The van der Waals surface area contributed by atoms with Crippen molar-refractivity contribution < 1.29 is 9.59 Å². The standard InChI is InChI=1S/C22H34N2O2/c1-15(2)14-23-20(25)16-10-12-17(13-11-16)21(26)24-19-9-7-6-8-18(19)22(3,4)5/h6-9,15-17H,10-14H2,1-5H3,(H,23,25)(H,24,26). The van der Waals surface area contributed by atoms with Crippen molar-refractivity contribution in [2.45, 2.75) is 65.7 Å². The van der Waals surface area contributed by atoms with Crippen LogP contribution in [-0.4, -0.2) is 18.4 Å². The van der Waals surface area contributed by atoms with Gasteiger partial charge < -0.3 is 10.6 Å². The maximum Gasteiger partial charge on any atom is 0.227 e. The lowest BCUT2D eigenvalue weighted by Crippen LogP contribution is -2.37. The lowest BCUT2D eigenvalue weighted by Gasteiger charge is -2.28. The Labute approximate surface area is 158 Å². The molecule has 0 heterocycles. The van der Waals surface area contributed by atoms with Crippen LogP contribution in [-0.2, 0) is 15.0 Å². The molecule has 0 saturated heterocycles. The van der Waals surface area contributed by atoms with Crippen LogP contribution >= 0.6 is 0 Å². The summed E-state index contributed by atoms with van der Waals surface area (Å²) >= 11 is 0. The highest BCUT2D eigenvalue weighted by Gasteiger charge is 2.30. The predicted molar refractivity (Wildman–Crippen MR) is 107 cm³/mol. The third kappa shape index (κ3) is 5.58. The summed E-state index contributed by atoms with van der Waals surface area (Å²) in [6, 6.07) is 8.02. The molecule has 1 aliphatic carbocycles. The van der Waals surface area contributed by atoms with Gasteiger partial charge >= 0.3 is 0 Å². The SMILES string of the molecule is CC(C)CNC(=O)C1CCC(C(=O)Nc2ccccc2C(C)(C)C)CC1. The molecular weight excluding hydrogens is 324 g/mol. The number of nitrogens with one attached hydrogen (secondary N) is 2. The number of benzene rings is 1. The Balaban J connectivity index is 1.91. The molecule has 1 fully saturated rings. The van der Waals surface area contributed by atoms with Crippen LogP contribution in [0.15, 0.2) is 24.3 Å². The molecule has 0 aromatic heterocycles. The molecule has 4 heteroatoms. The number of hydrogen-bond acceptors (Lipinski definition) is 2. The van der Waals surface area contributed by atoms with Crippen molar-refractivity contribution in [1.29, 1.82) is 0 Å². The molecule has 1 saturated carbocycles. The van der Waals surface area contributed by atoms with Crippen molar-refractivity contribution in [3.05, 3.63) is 29.8 Å². The van der Waals surface area contributed by atoms with Gasteiger partial charge in [-0.15, -0.1) is 0 Å². The first kappa shape index (κ1) is 20.5. The summed E-state index contributed by atoms with van der Waals surface area (Å²) in [5.74, 6) is 0.749. The van der Waals surface area contributed by atoms with Gasteiger partial charge in [0.1, 0.15) is 0 Å². The summed E-state index contributed by atoms with van der Waals surface area (Å²) in [7, 11) is 0. The zero-order valence-electron chi connectivity index (χ0n) is 16.9. The third-order valence-corrected chi connectivity index (χ3v) is 5.15. The first-order valence-corrected chi connectivity index (χ1v) is 9.86. The Morgan fingerprint density at radius 3 is 2.08 bits per heavy atom. The number of anilines is 1. The Bertz CT molecular complexity index is 623. The van der Waals surface area contributed by atoms with Crippen LogP contribution in [0.5, 0.6) is 0 Å². The monoisotopic (exact) mass is 358 g/mol. The molecule has 0 aliphatic heterocycles. The van der Waals surface area contributed by atoms with Crippen molar-refractivity contribution in [2.24, 2.45) is 17.8 Å². The molecule has 1 aliphatic rings. The van der Waals surface area contributed by atoms with Gasteiger partial charge in [-0.3, -0.25) is 9.59 Å². The number of amides is 2. The molecule has 0 bridgehead atoms. The van der Waals surface area contributed by atoms with E-state index >= 15 is 0 Å². The molecule has 1 aromatic rings. The first-order chi connectivity index (χ1) is 12.2. The average Bonchev–Trinajstić information content (AvgIpc) is 2.59. The highest BCUT2D eigenvalue weighted by molar-refractivity contribution is 5.93. The summed E-state index contributed by atoms with van der Waals surface area (Å²) in [5, 5.41) is 6.15. The number of rotatable bonds is 5. The zero-order valence-corrected chi connectivity index (χ0v) is 16.9. The van der Waals surface area contributed by atoms with Gasteiger partial charge in [-0.1, -0.05) is 52.8 Å². The molecular formula is C22H34N2O2. The maximum atomic E-state index is 12.7. The minimum atomic E-state index is -0.0178. The summed E-state index contributed by atoms with van der Waals surface area (Å²) in [6.45, 7) is 11.4. The molecule has 2 rings (SSSR count). The van der Waals surface area contributed by atoms with E-state index in [0.717, 1.165) is 43.5 Å². The van der Waals surface area contributed by atoms with E-state index in [1.165, 1.54) is 0 Å². The van der Waals surface area contributed by atoms with Crippen molar-refractivity contribution in [3.63, 3.8) is 0 Å². The van der Waals surface area contributed by atoms with E-state index in [1.807, 2.05) is 18.2 Å². The topological polar surface area (TPSA) is 58.2 Å². The lowest BCUT2D eigenvalue weighted by atomic mass is 9.80. The fraction of sp³-hybridized carbons (Fsp3) is 0.636. The average molecular weight is 359 g/mol. The highest BCUT2D eigenvalue weighted by Crippen LogP contribution is 2.32. The minimum Gasteiger partial charge on any atom is -0.356 e. The third-order valence-electron chi connectivity index (χ3n) is 5.15. The molecule has 4 nitrogen and oxygen atoms in total. The van der Waals surface area contributed by atoms with Crippen LogP contribution in [0.3, 0.4) is 0 Å². The van der Waals surface area contributed by atoms with Gasteiger partial charge in [0.05, 0.1) is 0 Å². The molecule has 1 aromatic carbocycles. The van der Waals surface area contributed by atoms with Crippen LogP contribution in [0.2, 0.25) is 0 Å². The van der Waals surface area contributed by atoms with E-state index in [9.17, 15) is 9.59 Å². The van der Waals surface area contributed by atoms with Gasteiger partial charge in [-0.25, -0.2) is 0 Å². The summed E-state index contributed by atoms with van der Waals surface area (Å²) in [4.78, 5) is 24.9. The molecule has 0 spiro atoms. The Kier molecular flexibility index (Phi) is 6.85. The van der Waals surface area contributed by atoms with Crippen LogP contribution < -0.4 is 10.6 Å². The minimum absolute atomic E-state index is 0.00262. The Hall–Kier alpha value is -1.84. The summed E-state index contributed by atoms with van der Waals surface area (Å²) < 4.78 is 0. The number of para-hydroxylation sites is 1. The van der Waals surface area contributed by atoms with Crippen LogP contribution in [0.1, 0.15) is 65.9 Å². The first-order valence-electron chi connectivity index (χ1n) is 9.86. The lowest BCUT2D eigenvalue weighted by molar-refractivity contribution is -0.128. The Morgan fingerprint density at radius 1 is 1.00 bits per heavy atom. The molecule has 2 N–H and O–H groups in total. The van der Waals surface area contributed by atoms with Gasteiger partial charge in [0, 0.05) is 24.1 Å². The fourth-order valence-corrected chi connectivity index (χ4v) is 3.55. The molecule has 26 heavy (non-hydrogen) atoms. The van der Waals surface area contributed by atoms with Crippen molar-refractivity contribution in [3.8, 4) is 0 Å². The van der Waals surface area contributed by atoms with Crippen LogP contribution in [0.4, 0.5) is 5.69 Å². The van der Waals surface area contributed by atoms with Crippen LogP contribution in [0.25, 0.3) is 0 Å². The predicted octanol–water partition coefficient (Wildman–Crippen LogP) is 4.50. The van der Waals surface area contributed by atoms with Crippen molar-refractivity contribution in [1.82, 2.24) is 5.32 Å². The fourth-order valence-electron chi connectivity index (χ4n) is 3.55. The summed E-state index contributed by atoms with van der Waals surface area (Å²) in [6.07, 6.45) is 3.15. The largest absolute Gasteiger partial charge is 0.356 e. The van der Waals surface area contributed by atoms with Gasteiger partial charge in [0.25, 0.3) is 0 Å². The normalized spacial score (nSPS) is 20.7. The second-order valence-corrected chi connectivity index (χ2v) is 8.97. The smallest absolute Gasteiger partial charge is 0.227 e. The molecule has 0 radical (unpaired) electrons. The quantitative estimate of drug-likeness (QED) is 0.814. The van der Waals surface area contributed by atoms with E-state index in [2.05, 4.69) is 51.3 Å². The van der Waals surface area contributed by atoms with E-state index in [0.29, 0.717) is 5.92 Å². The van der Waals surface area contributed by atoms with Gasteiger partial charge in [-0.05, 0) is 48.6 Å².